The van der Waals surface area contributed by atoms with Gasteiger partial charge in [0.1, 0.15) is 11.6 Å². The molecule has 2 N–H and O–H groups in total. The summed E-state index contributed by atoms with van der Waals surface area (Å²) in [6, 6.07) is 19.6. The molecule has 2 aromatic heterocycles. The summed E-state index contributed by atoms with van der Waals surface area (Å²) < 4.78 is 0. The number of hydrogen-bond acceptors (Lipinski definition) is 3. The lowest BCUT2D eigenvalue weighted by atomic mass is 9.88. The summed E-state index contributed by atoms with van der Waals surface area (Å²) in [7, 11) is 0. The van der Waals surface area contributed by atoms with Gasteiger partial charge in [-0.1, -0.05) is 30.3 Å². The summed E-state index contributed by atoms with van der Waals surface area (Å²) in [6.07, 6.45) is 5.47. The first-order chi connectivity index (χ1) is 13.3. The van der Waals surface area contributed by atoms with Gasteiger partial charge in [0.15, 0.2) is 0 Å². The highest BCUT2D eigenvalue weighted by Crippen LogP contribution is 2.33. The lowest BCUT2D eigenvalue weighted by Crippen LogP contribution is -2.18. The smallest absolute Gasteiger partial charge is 0.130 e. The highest BCUT2D eigenvalue weighted by atomic mass is 15.0. The number of nitrogens with zero attached hydrogens (tertiary/aromatic N) is 2. The molecule has 5 rings (SSSR count). The molecule has 4 heteroatoms. The van der Waals surface area contributed by atoms with Crippen LogP contribution in [0.25, 0.3) is 22.2 Å². The first kappa shape index (κ1) is 16.1. The Morgan fingerprint density at radius 3 is 2.93 bits per heavy atom. The van der Waals surface area contributed by atoms with Crippen LogP contribution in [0.3, 0.4) is 0 Å². The Morgan fingerprint density at radius 2 is 1.96 bits per heavy atom. The van der Waals surface area contributed by atoms with E-state index in [2.05, 4.69) is 74.9 Å². The van der Waals surface area contributed by atoms with Crippen LogP contribution in [-0.4, -0.2) is 15.0 Å². The van der Waals surface area contributed by atoms with Crippen molar-refractivity contribution in [2.45, 2.75) is 32.2 Å². The van der Waals surface area contributed by atoms with Crippen LogP contribution >= 0.6 is 0 Å². The van der Waals surface area contributed by atoms with Crippen molar-refractivity contribution < 1.29 is 0 Å². The number of benzene rings is 2. The maximum absolute atomic E-state index is 4.67. The Morgan fingerprint density at radius 1 is 1.04 bits per heavy atom. The van der Waals surface area contributed by atoms with Gasteiger partial charge < -0.3 is 10.3 Å². The van der Waals surface area contributed by atoms with Crippen LogP contribution < -0.4 is 5.32 Å². The van der Waals surface area contributed by atoms with Gasteiger partial charge in [-0.25, -0.2) is 9.97 Å². The number of fused-ring (bicyclic) bond motifs is 2. The third kappa shape index (κ3) is 3.08. The molecule has 4 nitrogen and oxygen atoms in total. The lowest BCUT2D eigenvalue weighted by Gasteiger charge is -2.27. The monoisotopic (exact) mass is 354 g/mol. The standard InChI is InChI=1S/C23H22N4/c1-15-25-22(17-9-10-20-18(13-17)11-12-24-20)14-23(26-15)27-21-8-4-6-16-5-2-3-7-19(16)21/h2-3,5,7,9-14,21,24H,4,6,8H2,1H3,(H,25,26,27)/t21-/m1/s1. The van der Waals surface area contributed by atoms with E-state index in [1.54, 1.807) is 0 Å². The first-order valence-electron chi connectivity index (χ1n) is 9.54. The second-order valence-corrected chi connectivity index (χ2v) is 7.25. The van der Waals surface area contributed by atoms with Crippen molar-refractivity contribution in [3.8, 4) is 11.3 Å². The molecule has 2 aromatic carbocycles. The predicted octanol–water partition coefficient (Wildman–Crippen LogP) is 5.42. The highest BCUT2D eigenvalue weighted by Gasteiger charge is 2.20. The molecule has 0 bridgehead atoms. The molecule has 27 heavy (non-hydrogen) atoms. The van der Waals surface area contributed by atoms with Gasteiger partial charge in [-0.15, -0.1) is 0 Å². The quantitative estimate of drug-likeness (QED) is 0.516. The van der Waals surface area contributed by atoms with Crippen molar-refractivity contribution in [2.75, 3.05) is 5.32 Å². The zero-order chi connectivity index (χ0) is 18.2. The van der Waals surface area contributed by atoms with Crippen LogP contribution in [-0.2, 0) is 6.42 Å². The summed E-state index contributed by atoms with van der Waals surface area (Å²) in [5, 5.41) is 4.86. The van der Waals surface area contributed by atoms with Gasteiger partial charge in [-0.05, 0) is 55.5 Å². The van der Waals surface area contributed by atoms with Gasteiger partial charge in [-0.2, -0.15) is 0 Å². The molecule has 0 amide bonds. The molecule has 0 saturated heterocycles. The third-order valence-corrected chi connectivity index (χ3v) is 5.38. The van der Waals surface area contributed by atoms with E-state index in [4.69, 9.17) is 0 Å². The summed E-state index contributed by atoms with van der Waals surface area (Å²) in [4.78, 5) is 12.6. The van der Waals surface area contributed by atoms with Crippen LogP contribution in [0.15, 0.2) is 60.8 Å². The van der Waals surface area contributed by atoms with Crippen LogP contribution in [0.1, 0.15) is 35.8 Å². The molecule has 0 fully saturated rings. The second-order valence-electron chi connectivity index (χ2n) is 7.25. The van der Waals surface area contributed by atoms with Crippen LogP contribution in [0.4, 0.5) is 5.82 Å². The summed E-state index contributed by atoms with van der Waals surface area (Å²) in [5.41, 5.74) is 6.05. The topological polar surface area (TPSA) is 53.6 Å². The van der Waals surface area contributed by atoms with Gasteiger partial charge in [0, 0.05) is 28.7 Å². The van der Waals surface area contributed by atoms with Crippen molar-refractivity contribution in [1.29, 1.82) is 0 Å². The fourth-order valence-electron chi connectivity index (χ4n) is 4.08. The van der Waals surface area contributed by atoms with Crippen molar-refractivity contribution in [1.82, 2.24) is 15.0 Å². The van der Waals surface area contributed by atoms with E-state index < -0.39 is 0 Å². The molecular formula is C23H22N4. The van der Waals surface area contributed by atoms with Gasteiger partial charge >= 0.3 is 0 Å². The van der Waals surface area contributed by atoms with E-state index in [0.717, 1.165) is 34.8 Å². The molecule has 1 aliphatic rings. The number of aromatic nitrogens is 3. The van der Waals surface area contributed by atoms with E-state index >= 15 is 0 Å². The normalized spacial score (nSPS) is 16.3. The van der Waals surface area contributed by atoms with E-state index in [0.29, 0.717) is 6.04 Å². The molecule has 1 aliphatic carbocycles. The Bertz CT molecular complexity index is 1110. The minimum Gasteiger partial charge on any atom is -0.363 e. The molecule has 1 atom stereocenters. The average molecular weight is 354 g/mol. The van der Waals surface area contributed by atoms with Crippen molar-refractivity contribution in [3.05, 3.63) is 77.7 Å². The fourth-order valence-corrected chi connectivity index (χ4v) is 4.08. The molecule has 0 unspecified atom stereocenters. The number of hydrogen-bond donors (Lipinski definition) is 2. The number of nitrogens with one attached hydrogen (secondary N) is 2. The molecule has 0 radical (unpaired) electrons. The maximum Gasteiger partial charge on any atom is 0.130 e. The minimum absolute atomic E-state index is 0.309. The van der Waals surface area contributed by atoms with Crippen molar-refractivity contribution in [3.63, 3.8) is 0 Å². The molecule has 134 valence electrons. The third-order valence-electron chi connectivity index (χ3n) is 5.38. The van der Waals surface area contributed by atoms with Gasteiger partial charge in [0.25, 0.3) is 0 Å². The largest absolute Gasteiger partial charge is 0.363 e. The number of H-pyrrole nitrogens is 1. The number of anilines is 1. The zero-order valence-corrected chi connectivity index (χ0v) is 15.4. The number of aryl methyl sites for hydroxylation is 2. The van der Waals surface area contributed by atoms with Crippen LogP contribution in [0.2, 0.25) is 0 Å². The van der Waals surface area contributed by atoms with Crippen molar-refractivity contribution in [2.24, 2.45) is 0 Å². The summed E-state index contributed by atoms with van der Waals surface area (Å²) >= 11 is 0. The Hall–Kier alpha value is -3.14. The Balaban J connectivity index is 1.49. The van der Waals surface area contributed by atoms with E-state index in [-0.39, 0.29) is 0 Å². The Kier molecular flexibility index (Phi) is 3.89. The van der Waals surface area contributed by atoms with Gasteiger partial charge in [0.2, 0.25) is 0 Å². The van der Waals surface area contributed by atoms with Crippen LogP contribution in [0.5, 0.6) is 0 Å². The second kappa shape index (κ2) is 6.54. The number of rotatable bonds is 3. The maximum atomic E-state index is 4.67. The van der Waals surface area contributed by atoms with E-state index in [9.17, 15) is 0 Å². The molecule has 2 heterocycles. The van der Waals surface area contributed by atoms with E-state index in [1.807, 2.05) is 13.1 Å². The average Bonchev–Trinajstić information content (AvgIpc) is 3.16. The van der Waals surface area contributed by atoms with Crippen molar-refractivity contribution >= 4 is 16.7 Å². The molecule has 0 saturated carbocycles. The first-order valence-corrected chi connectivity index (χ1v) is 9.54. The predicted molar refractivity (Wildman–Crippen MR) is 110 cm³/mol. The molecular weight excluding hydrogens is 332 g/mol. The molecule has 0 spiro atoms. The van der Waals surface area contributed by atoms with Gasteiger partial charge in [0.05, 0.1) is 11.7 Å². The Labute approximate surface area is 158 Å². The summed E-state index contributed by atoms with van der Waals surface area (Å²) in [5.74, 6) is 1.68. The van der Waals surface area contributed by atoms with E-state index in [1.165, 1.54) is 29.4 Å². The summed E-state index contributed by atoms with van der Waals surface area (Å²) in [6.45, 7) is 1.96. The number of aromatic amines is 1. The SMILES string of the molecule is Cc1nc(N[C@@H]2CCCc3ccccc32)cc(-c2ccc3[nH]ccc3c2)n1. The zero-order valence-electron chi connectivity index (χ0n) is 15.4. The van der Waals surface area contributed by atoms with Crippen LogP contribution in [0, 0.1) is 6.92 Å². The molecule has 0 aliphatic heterocycles. The lowest BCUT2D eigenvalue weighted by molar-refractivity contribution is 0.598. The van der Waals surface area contributed by atoms with Gasteiger partial charge in [-0.3, -0.25) is 0 Å². The highest BCUT2D eigenvalue weighted by molar-refractivity contribution is 5.84. The molecule has 4 aromatic rings. The minimum atomic E-state index is 0.309. The fraction of sp³-hybridized carbons (Fsp3) is 0.217.